The molecule has 0 amide bonds. The van der Waals surface area contributed by atoms with Crippen LogP contribution in [-0.2, 0) is 25.9 Å². The lowest BCUT2D eigenvalue weighted by Gasteiger charge is -2.42. The minimum absolute atomic E-state index is 0. The predicted octanol–water partition coefficient (Wildman–Crippen LogP) is 8.53. The van der Waals surface area contributed by atoms with Crippen molar-refractivity contribution in [3.8, 4) is 0 Å². The highest BCUT2D eigenvalue weighted by Crippen LogP contribution is 2.26. The van der Waals surface area contributed by atoms with Gasteiger partial charge in [0.15, 0.2) is 16.6 Å². The third kappa shape index (κ3) is 28.8. The number of hydrogen-bond acceptors (Lipinski definition) is 6. The summed E-state index contributed by atoms with van der Waals surface area (Å²) in [4.78, 5) is 0. The van der Waals surface area contributed by atoms with Crippen molar-refractivity contribution in [3.05, 3.63) is 13.2 Å². The average Bonchev–Trinajstić information content (AvgIpc) is 2.46. The van der Waals surface area contributed by atoms with Crippen LogP contribution in [0.1, 0.15) is 42.5 Å². The third-order valence-corrected chi connectivity index (χ3v) is 20.2. The molecule has 11 heteroatoms. The minimum Gasteiger partial charge on any atom is -0.437 e. The Hall–Kier alpha value is 0.584. The topological polar surface area (TPSA) is 55.4 Å². The Morgan fingerprint density at radius 2 is 0.853 bits per heavy atom. The van der Waals surface area contributed by atoms with Crippen LogP contribution in [0.2, 0.25) is 72.0 Å². The normalized spacial score (nSPS) is 12.1. The average molecular weight is 579 g/mol. The van der Waals surface area contributed by atoms with E-state index in [9.17, 15) is 0 Å². The van der Waals surface area contributed by atoms with Gasteiger partial charge >= 0.3 is 25.7 Å². The second-order valence-corrected chi connectivity index (χ2v) is 30.2. The van der Waals surface area contributed by atoms with Crippen LogP contribution in [0.4, 0.5) is 0 Å². The Bertz CT molecular complexity index is 436. The smallest absolute Gasteiger partial charge is 0.344 e. The lowest BCUT2D eigenvalue weighted by Crippen LogP contribution is -2.61. The molecule has 0 heterocycles. The second-order valence-electron chi connectivity index (χ2n) is 10.3. The highest BCUT2D eigenvalue weighted by molar-refractivity contribution is 6.90. The van der Waals surface area contributed by atoms with Gasteiger partial charge in [-0.1, -0.05) is 29.7 Å². The number of ether oxygens (including phenoxy) is 2. The van der Waals surface area contributed by atoms with E-state index in [0.29, 0.717) is 12.8 Å². The largest absolute Gasteiger partial charge is 0.437 e. The van der Waals surface area contributed by atoms with Gasteiger partial charge in [-0.3, -0.25) is 0 Å². The summed E-state index contributed by atoms with van der Waals surface area (Å²) in [7, 11) is -8.99. The van der Waals surface area contributed by atoms with Crippen LogP contribution in [0.5, 0.6) is 0 Å². The Labute approximate surface area is 222 Å². The van der Waals surface area contributed by atoms with E-state index in [2.05, 4.69) is 85.2 Å². The van der Waals surface area contributed by atoms with Crippen molar-refractivity contribution in [2.45, 2.75) is 115 Å². The van der Waals surface area contributed by atoms with Crippen molar-refractivity contribution in [1.29, 1.82) is 0 Å². The molecule has 0 aromatic heterocycles. The monoisotopic (exact) mass is 578 g/mol. The molecule has 0 aliphatic carbocycles. The second kappa shape index (κ2) is 20.6. The number of methoxy groups -OCH3 is 1. The molecule has 0 rings (SSSR count). The molecule has 0 aromatic rings. The van der Waals surface area contributed by atoms with E-state index in [1.54, 1.807) is 7.11 Å². The lowest BCUT2D eigenvalue weighted by atomic mass is 10.3. The first-order valence-electron chi connectivity index (χ1n) is 10.8. The summed E-state index contributed by atoms with van der Waals surface area (Å²) < 4.78 is 37.3. The molecule has 0 unspecified atom stereocenters. The molecule has 0 aliphatic heterocycles. The molecule has 0 N–H and O–H groups in total. The zero-order valence-electron chi connectivity index (χ0n) is 21.9. The van der Waals surface area contributed by atoms with Crippen LogP contribution in [-0.4, -0.2) is 68.9 Å². The van der Waals surface area contributed by atoms with Crippen molar-refractivity contribution in [3.63, 3.8) is 0 Å². The maximum absolute atomic E-state index is 6.67. The van der Waals surface area contributed by atoms with Crippen LogP contribution < -0.4 is 0 Å². The minimum atomic E-state index is -2.62. The molecule has 0 atom stereocenters. The summed E-state index contributed by atoms with van der Waals surface area (Å²) in [6.07, 6.45) is 2.46. The van der Waals surface area contributed by atoms with Crippen molar-refractivity contribution < 1.29 is 25.9 Å². The first-order valence-corrected chi connectivity index (χ1v) is 25.7. The molecule has 214 valence electrons. The van der Waals surface area contributed by atoms with Gasteiger partial charge in [-0.05, 0) is 84.9 Å². The molecule has 0 radical (unpaired) electrons. The number of hydrogen-bond donors (Lipinski definition) is 0. The van der Waals surface area contributed by atoms with Gasteiger partial charge < -0.3 is 25.9 Å². The Morgan fingerprint density at radius 3 is 1.15 bits per heavy atom. The van der Waals surface area contributed by atoms with Crippen LogP contribution in [0.3, 0.4) is 0 Å². The zero-order valence-corrected chi connectivity index (χ0v) is 26.9. The van der Waals surface area contributed by atoms with Crippen molar-refractivity contribution in [2.75, 3.05) is 26.6 Å². The van der Waals surface area contributed by atoms with Gasteiger partial charge in [0, 0.05) is 20.3 Å². The van der Waals surface area contributed by atoms with Crippen molar-refractivity contribution in [2.24, 2.45) is 0 Å². The van der Waals surface area contributed by atoms with Crippen LogP contribution in [0.15, 0.2) is 13.2 Å². The fraction of sp³-hybridized carbons (Fsp3) is 0.913. The van der Waals surface area contributed by atoms with Crippen LogP contribution >= 0.6 is 0 Å². The third-order valence-electron chi connectivity index (χ3n) is 3.28. The van der Waals surface area contributed by atoms with Crippen molar-refractivity contribution >= 4 is 42.3 Å². The molecule has 0 saturated carbocycles. The maximum Gasteiger partial charge on any atom is 0.344 e. The summed E-state index contributed by atoms with van der Waals surface area (Å²) in [6.45, 7) is 31.2. The van der Waals surface area contributed by atoms with Gasteiger partial charge in [0.2, 0.25) is 0 Å². The summed E-state index contributed by atoms with van der Waals surface area (Å²) in [5.41, 5.74) is 0. The first-order chi connectivity index (χ1) is 13.4. The summed E-state index contributed by atoms with van der Waals surface area (Å²) >= 11 is 0. The summed E-state index contributed by atoms with van der Waals surface area (Å²) in [6, 6.07) is 0. The molecule has 0 aromatic carbocycles. The Morgan fingerprint density at radius 1 is 0.529 bits per heavy atom. The fourth-order valence-corrected chi connectivity index (χ4v) is 26.1. The lowest BCUT2D eigenvalue weighted by molar-refractivity contribution is 0.127. The fourth-order valence-electron chi connectivity index (χ4n) is 3.34. The van der Waals surface area contributed by atoms with E-state index in [4.69, 9.17) is 25.9 Å². The van der Waals surface area contributed by atoms with Gasteiger partial charge in [-0.2, -0.15) is 0 Å². The number of rotatable bonds is 15. The molecule has 34 heavy (non-hydrogen) atoms. The van der Waals surface area contributed by atoms with E-state index in [1.165, 1.54) is 0 Å². The molecule has 0 fully saturated rings. The molecule has 0 spiro atoms. The van der Waals surface area contributed by atoms with E-state index in [0.717, 1.165) is 19.4 Å². The standard InChI is InChI=1S/C17H46O6Si5.C2H4.4CH4/c1-18-15-13-14-16-19-17-28(12,22-26(8,9)20-24(2,3)4)23-27(10,11)21-25(5,6)7;1-2;;;;/h13-17H2,1-12H3;1-2H2;4*1H4. The van der Waals surface area contributed by atoms with Gasteiger partial charge in [-0.25, -0.2) is 0 Å². The first kappa shape index (κ1) is 47.7. The van der Waals surface area contributed by atoms with Crippen LogP contribution in [0, 0.1) is 0 Å². The van der Waals surface area contributed by atoms with Crippen LogP contribution in [0.25, 0.3) is 0 Å². The molecular formula is C23H66O6Si5. The molecule has 0 bridgehead atoms. The van der Waals surface area contributed by atoms with E-state index < -0.39 is 42.3 Å². The molecule has 0 saturated heterocycles. The highest BCUT2D eigenvalue weighted by atomic mass is 28.5. The van der Waals surface area contributed by atoms with Gasteiger partial charge in [0.1, 0.15) is 0 Å². The number of unbranched alkanes of at least 4 members (excludes halogenated alkanes) is 1. The Kier molecular flexibility index (Phi) is 29.0. The van der Waals surface area contributed by atoms with E-state index in [-0.39, 0.29) is 29.7 Å². The van der Waals surface area contributed by atoms with E-state index >= 15 is 0 Å². The van der Waals surface area contributed by atoms with Crippen molar-refractivity contribution in [1.82, 2.24) is 0 Å². The summed E-state index contributed by atoms with van der Waals surface area (Å²) in [5.74, 6) is 0. The summed E-state index contributed by atoms with van der Waals surface area (Å²) in [5, 5.41) is 0. The van der Waals surface area contributed by atoms with Gasteiger partial charge in [0.25, 0.3) is 0 Å². The predicted molar refractivity (Wildman–Crippen MR) is 168 cm³/mol. The highest BCUT2D eigenvalue weighted by Gasteiger charge is 2.47. The quantitative estimate of drug-likeness (QED) is 0.110. The molecule has 6 nitrogen and oxygen atoms in total. The maximum atomic E-state index is 6.67. The molecular weight excluding hydrogens is 513 g/mol. The van der Waals surface area contributed by atoms with Gasteiger partial charge in [0.05, 0.1) is 6.23 Å². The van der Waals surface area contributed by atoms with Gasteiger partial charge in [-0.15, -0.1) is 13.2 Å². The Balaban J connectivity index is -0.000000317. The SMILES string of the molecule is C.C.C.C.C=C.COCCCCOC[Si](C)(O[Si](C)(C)O[Si](C)(C)C)O[Si](C)(C)O[Si](C)(C)C. The van der Waals surface area contributed by atoms with E-state index in [1.807, 2.05) is 0 Å². The molecule has 0 aliphatic rings. The zero-order chi connectivity index (χ0) is 24.3.